The zero-order valence-electron chi connectivity index (χ0n) is 8.82. The first-order valence-electron chi connectivity index (χ1n) is 4.82. The second-order valence-electron chi connectivity index (χ2n) is 3.26. The van der Waals surface area contributed by atoms with Crippen LogP contribution in [0, 0.1) is 0 Å². The van der Waals surface area contributed by atoms with Gasteiger partial charge in [0.2, 0.25) is 0 Å². The maximum absolute atomic E-state index is 10.9. The number of rotatable bonds is 7. The van der Waals surface area contributed by atoms with Gasteiger partial charge in [-0.2, -0.15) is 0 Å². The zero-order chi connectivity index (χ0) is 11.0. The molecule has 4 N–H and O–H groups in total. The average molecular weight is 202 g/mol. The Hall–Kier alpha value is -0.585. The van der Waals surface area contributed by atoms with Crippen molar-refractivity contribution in [3.63, 3.8) is 0 Å². The van der Waals surface area contributed by atoms with Crippen LogP contribution in [0.5, 0.6) is 0 Å². The lowest BCUT2D eigenvalue weighted by molar-refractivity contribution is -0.142. The van der Waals surface area contributed by atoms with Crippen molar-refractivity contribution in [2.45, 2.75) is 32.1 Å². The molecule has 0 bridgehead atoms. The summed E-state index contributed by atoms with van der Waals surface area (Å²) < 4.78 is 4.49. The van der Waals surface area contributed by atoms with Crippen LogP contribution < -0.4 is 11.0 Å². The Morgan fingerprint density at radius 2 is 2.29 bits per heavy atom. The number of nitrogens with two attached hydrogens (primary N) is 1. The summed E-state index contributed by atoms with van der Waals surface area (Å²) in [6, 6.07) is -0.522. The van der Waals surface area contributed by atoms with Gasteiger partial charge in [-0.05, 0) is 26.2 Å². The van der Waals surface area contributed by atoms with Gasteiger partial charge in [0.05, 0.1) is 7.11 Å². The number of methoxy groups -OCH3 is 1. The van der Waals surface area contributed by atoms with E-state index in [1.807, 2.05) is 0 Å². The number of ether oxygens (including phenoxy) is 1. The molecule has 0 amide bonds. The van der Waals surface area contributed by atoms with Gasteiger partial charge in [-0.3, -0.25) is 4.79 Å². The molecule has 0 rings (SSSR count). The van der Waals surface area contributed by atoms with Crippen molar-refractivity contribution >= 4 is 13.0 Å². The van der Waals surface area contributed by atoms with E-state index in [1.165, 1.54) is 7.11 Å². The van der Waals surface area contributed by atoms with Crippen LogP contribution in [0.1, 0.15) is 19.3 Å². The van der Waals surface area contributed by atoms with E-state index in [1.54, 1.807) is 6.82 Å². The summed E-state index contributed by atoms with van der Waals surface area (Å²) >= 11 is 0. The molecule has 0 saturated carbocycles. The van der Waals surface area contributed by atoms with Crippen LogP contribution >= 0.6 is 0 Å². The molecule has 0 radical (unpaired) electrons. The highest BCUT2D eigenvalue weighted by Crippen LogP contribution is 1.99. The Balaban J connectivity index is 3.31. The minimum Gasteiger partial charge on any atom is -0.468 e. The van der Waals surface area contributed by atoms with E-state index in [-0.39, 0.29) is 5.97 Å². The van der Waals surface area contributed by atoms with E-state index in [0.717, 1.165) is 19.4 Å². The van der Waals surface area contributed by atoms with Crippen molar-refractivity contribution < 1.29 is 14.6 Å². The van der Waals surface area contributed by atoms with E-state index >= 15 is 0 Å². The average Bonchev–Trinajstić information content (AvgIpc) is 2.15. The molecule has 0 aromatic carbocycles. The maximum Gasteiger partial charge on any atom is 0.373 e. The summed E-state index contributed by atoms with van der Waals surface area (Å²) in [5, 5.41) is 11.7. The molecule has 14 heavy (non-hydrogen) atoms. The number of hydrogen-bond donors (Lipinski definition) is 3. The monoisotopic (exact) mass is 202 g/mol. The Kier molecular flexibility index (Phi) is 7.46. The minimum absolute atomic E-state index is 0.367. The van der Waals surface area contributed by atoms with Crippen LogP contribution in [-0.4, -0.2) is 37.7 Å². The van der Waals surface area contributed by atoms with E-state index in [4.69, 9.17) is 10.8 Å². The molecule has 5 nitrogen and oxygen atoms in total. The predicted octanol–water partition coefficient (Wildman–Crippen LogP) is -0.643. The molecule has 0 unspecified atom stereocenters. The van der Waals surface area contributed by atoms with E-state index in [2.05, 4.69) is 9.96 Å². The number of hydrogen-bond acceptors (Lipinski definition) is 5. The molecule has 0 fully saturated rings. The van der Waals surface area contributed by atoms with Crippen molar-refractivity contribution in [3.05, 3.63) is 0 Å². The van der Waals surface area contributed by atoms with Crippen molar-refractivity contribution in [3.8, 4) is 0 Å². The van der Waals surface area contributed by atoms with Gasteiger partial charge in [0.15, 0.2) is 0 Å². The molecule has 0 saturated heterocycles. The Morgan fingerprint density at radius 1 is 1.64 bits per heavy atom. The summed E-state index contributed by atoms with van der Waals surface area (Å²) in [5.74, 6) is -0.367. The maximum atomic E-state index is 10.9. The Labute approximate surface area is 85.1 Å². The molecular formula is C8H19BN2O3. The number of carbonyl (C=O) groups excluding carboxylic acids is 1. The van der Waals surface area contributed by atoms with Gasteiger partial charge in [-0.15, -0.1) is 0 Å². The second kappa shape index (κ2) is 7.79. The summed E-state index contributed by atoms with van der Waals surface area (Å²) in [5.41, 5.74) is 5.53. The van der Waals surface area contributed by atoms with Crippen LogP contribution in [0.25, 0.3) is 0 Å². The van der Waals surface area contributed by atoms with Gasteiger partial charge in [-0.25, -0.2) is 0 Å². The lowest BCUT2D eigenvalue weighted by atomic mass is 9.89. The van der Waals surface area contributed by atoms with Gasteiger partial charge >= 0.3 is 13.0 Å². The molecule has 0 spiro atoms. The highest BCUT2D eigenvalue weighted by Gasteiger charge is 2.12. The van der Waals surface area contributed by atoms with Gasteiger partial charge < -0.3 is 20.7 Å². The molecule has 0 aliphatic rings. The topological polar surface area (TPSA) is 84.6 Å². The Morgan fingerprint density at radius 3 is 2.79 bits per heavy atom. The van der Waals surface area contributed by atoms with E-state index < -0.39 is 13.1 Å². The van der Waals surface area contributed by atoms with Crippen molar-refractivity contribution in [2.24, 2.45) is 5.73 Å². The third-order valence-electron chi connectivity index (χ3n) is 1.89. The molecule has 0 aromatic heterocycles. The molecule has 0 aliphatic heterocycles. The molecule has 82 valence electrons. The highest BCUT2D eigenvalue weighted by molar-refractivity contribution is 6.45. The smallest absolute Gasteiger partial charge is 0.373 e. The van der Waals surface area contributed by atoms with Crippen LogP contribution in [0.3, 0.4) is 0 Å². The standard InChI is InChI=1S/C8H19BN2O3/c1-9(13)11-6-4-3-5-7(10)8(12)14-2/h7,11,13H,3-6,10H2,1-2H3/t7-/m0/s1. The lowest BCUT2D eigenvalue weighted by Crippen LogP contribution is -2.33. The fraction of sp³-hybridized carbons (Fsp3) is 0.875. The summed E-state index contributed by atoms with van der Waals surface area (Å²) in [4.78, 5) is 10.9. The Bertz CT molecular complexity index is 167. The van der Waals surface area contributed by atoms with Crippen LogP contribution in [0.4, 0.5) is 0 Å². The van der Waals surface area contributed by atoms with Crippen LogP contribution in [0.2, 0.25) is 6.82 Å². The fourth-order valence-electron chi connectivity index (χ4n) is 1.07. The molecule has 0 aromatic rings. The highest BCUT2D eigenvalue weighted by atomic mass is 16.5. The number of nitrogens with one attached hydrogen (secondary N) is 1. The van der Waals surface area contributed by atoms with Crippen molar-refractivity contribution in [2.75, 3.05) is 13.7 Å². The molecule has 1 atom stereocenters. The predicted molar refractivity (Wildman–Crippen MR) is 55.7 cm³/mol. The van der Waals surface area contributed by atoms with Gasteiger partial charge in [0.25, 0.3) is 0 Å². The van der Waals surface area contributed by atoms with Crippen molar-refractivity contribution in [1.82, 2.24) is 5.23 Å². The lowest BCUT2D eigenvalue weighted by Gasteiger charge is -2.09. The third-order valence-corrected chi connectivity index (χ3v) is 1.89. The number of carbonyl (C=O) groups is 1. The largest absolute Gasteiger partial charge is 0.468 e. The first-order chi connectivity index (χ1) is 6.57. The first kappa shape index (κ1) is 13.4. The normalized spacial score (nSPS) is 12.3. The minimum atomic E-state index is -0.522. The van der Waals surface area contributed by atoms with Crippen LogP contribution in [-0.2, 0) is 9.53 Å². The van der Waals surface area contributed by atoms with Crippen molar-refractivity contribution in [1.29, 1.82) is 0 Å². The zero-order valence-corrected chi connectivity index (χ0v) is 8.82. The summed E-state index contributed by atoms with van der Waals surface area (Å²) in [6.07, 6.45) is 2.35. The molecule has 0 heterocycles. The fourth-order valence-corrected chi connectivity index (χ4v) is 1.07. The quantitative estimate of drug-likeness (QED) is 0.290. The number of esters is 1. The van der Waals surface area contributed by atoms with Gasteiger partial charge in [0.1, 0.15) is 6.04 Å². The van der Waals surface area contributed by atoms with Gasteiger partial charge in [0, 0.05) is 0 Å². The molecule has 0 aliphatic carbocycles. The molecular weight excluding hydrogens is 183 g/mol. The van der Waals surface area contributed by atoms with E-state index in [0.29, 0.717) is 6.42 Å². The molecule has 6 heteroatoms. The van der Waals surface area contributed by atoms with Crippen LogP contribution in [0.15, 0.2) is 0 Å². The second-order valence-corrected chi connectivity index (χ2v) is 3.26. The van der Waals surface area contributed by atoms with E-state index in [9.17, 15) is 4.79 Å². The first-order valence-corrected chi connectivity index (χ1v) is 4.82. The summed E-state index contributed by atoms with van der Waals surface area (Å²) in [7, 11) is 0.848. The van der Waals surface area contributed by atoms with Gasteiger partial charge in [-0.1, -0.05) is 6.42 Å². The SMILES string of the molecule is COC(=O)[C@@H](N)CCCCNB(C)O. The summed E-state index contributed by atoms with van der Waals surface area (Å²) in [6.45, 7) is 2.39. The number of unbranched alkanes of at least 4 members (excludes halogenated alkanes) is 1. The third kappa shape index (κ3) is 6.88.